The third-order valence-electron chi connectivity index (χ3n) is 3.62. The van der Waals surface area contributed by atoms with E-state index in [-0.39, 0.29) is 23.6 Å². The minimum atomic E-state index is -0.294. The van der Waals surface area contributed by atoms with Crippen molar-refractivity contribution in [2.24, 2.45) is 0 Å². The quantitative estimate of drug-likeness (QED) is 0.757. The Morgan fingerprint density at radius 2 is 1.81 bits per heavy atom. The van der Waals surface area contributed by atoms with Crippen LogP contribution in [0.1, 0.15) is 20.8 Å². The summed E-state index contributed by atoms with van der Waals surface area (Å²) in [6.07, 6.45) is 0. The zero-order chi connectivity index (χ0) is 18.7. The molecule has 6 nitrogen and oxygen atoms in total. The molecule has 1 amide bonds. The molecule has 2 N–H and O–H groups in total. The summed E-state index contributed by atoms with van der Waals surface area (Å²) in [7, 11) is 0. The summed E-state index contributed by atoms with van der Waals surface area (Å²) < 4.78 is 5.49. The van der Waals surface area contributed by atoms with Crippen molar-refractivity contribution in [3.8, 4) is 17.1 Å². The van der Waals surface area contributed by atoms with Crippen LogP contribution in [0.15, 0.2) is 53.3 Å². The van der Waals surface area contributed by atoms with Gasteiger partial charge in [-0.1, -0.05) is 12.1 Å². The lowest BCUT2D eigenvalue weighted by Crippen LogP contribution is -2.43. The van der Waals surface area contributed by atoms with Crippen LogP contribution in [0.5, 0.6) is 5.75 Å². The second-order valence-corrected chi connectivity index (χ2v) is 7.04. The van der Waals surface area contributed by atoms with E-state index < -0.39 is 0 Å². The van der Waals surface area contributed by atoms with Gasteiger partial charge in [-0.25, -0.2) is 4.98 Å². The number of aromatic nitrogens is 2. The number of para-hydroxylation sites is 1. The Morgan fingerprint density at radius 3 is 2.50 bits per heavy atom. The monoisotopic (exact) mass is 351 g/mol. The summed E-state index contributed by atoms with van der Waals surface area (Å²) in [5.74, 6) is 0.883. The van der Waals surface area contributed by atoms with Crippen LogP contribution in [-0.4, -0.2) is 28.0 Å². The lowest BCUT2D eigenvalue weighted by molar-refractivity contribution is -0.124. The molecule has 0 atom stereocenters. The van der Waals surface area contributed by atoms with Crippen molar-refractivity contribution in [3.05, 3.63) is 58.9 Å². The number of benzene rings is 2. The number of aromatic amines is 1. The molecule has 0 fully saturated rings. The van der Waals surface area contributed by atoms with Crippen molar-refractivity contribution in [2.45, 2.75) is 26.3 Å². The third-order valence-corrected chi connectivity index (χ3v) is 3.62. The first-order valence-corrected chi connectivity index (χ1v) is 8.35. The third kappa shape index (κ3) is 4.27. The zero-order valence-electron chi connectivity index (χ0n) is 15.0. The average molecular weight is 351 g/mol. The highest BCUT2D eigenvalue weighted by Gasteiger charge is 2.14. The van der Waals surface area contributed by atoms with E-state index in [1.807, 2.05) is 26.8 Å². The number of ether oxygens (including phenoxy) is 1. The SMILES string of the molecule is CC(C)(C)NC(=O)COc1ccc(-c2nc3ccccc3c(=O)[nH]2)cc1. The van der Waals surface area contributed by atoms with Crippen molar-refractivity contribution in [3.63, 3.8) is 0 Å². The van der Waals surface area contributed by atoms with E-state index in [0.717, 1.165) is 5.56 Å². The van der Waals surface area contributed by atoms with Gasteiger partial charge < -0.3 is 15.0 Å². The first kappa shape index (κ1) is 17.7. The molecule has 1 aromatic heterocycles. The molecule has 0 spiro atoms. The summed E-state index contributed by atoms with van der Waals surface area (Å²) in [5, 5.41) is 3.39. The van der Waals surface area contributed by atoms with Crippen molar-refractivity contribution in [1.82, 2.24) is 15.3 Å². The smallest absolute Gasteiger partial charge is 0.259 e. The highest BCUT2D eigenvalue weighted by Crippen LogP contribution is 2.20. The van der Waals surface area contributed by atoms with E-state index in [9.17, 15) is 9.59 Å². The van der Waals surface area contributed by atoms with Crippen LogP contribution in [0.4, 0.5) is 0 Å². The molecule has 134 valence electrons. The summed E-state index contributed by atoms with van der Waals surface area (Å²) in [5.41, 5.74) is 0.937. The molecule has 0 saturated heterocycles. The summed E-state index contributed by atoms with van der Waals surface area (Å²) >= 11 is 0. The van der Waals surface area contributed by atoms with Crippen LogP contribution in [0.25, 0.3) is 22.3 Å². The molecule has 26 heavy (non-hydrogen) atoms. The molecule has 0 radical (unpaired) electrons. The Morgan fingerprint density at radius 1 is 1.12 bits per heavy atom. The number of hydrogen-bond acceptors (Lipinski definition) is 4. The molecular formula is C20H21N3O3. The fourth-order valence-corrected chi connectivity index (χ4v) is 2.54. The molecule has 3 rings (SSSR count). The van der Waals surface area contributed by atoms with Crippen molar-refractivity contribution in [1.29, 1.82) is 0 Å². The van der Waals surface area contributed by atoms with Crippen molar-refractivity contribution < 1.29 is 9.53 Å². The summed E-state index contributed by atoms with van der Waals surface area (Å²) in [6, 6.07) is 14.3. The second kappa shape index (κ2) is 7.00. The van der Waals surface area contributed by atoms with Gasteiger partial charge in [-0.3, -0.25) is 9.59 Å². The van der Waals surface area contributed by atoms with Crippen LogP contribution in [0.2, 0.25) is 0 Å². The highest BCUT2D eigenvalue weighted by atomic mass is 16.5. The predicted octanol–water partition coefficient (Wildman–Crippen LogP) is 2.88. The van der Waals surface area contributed by atoms with Crippen molar-refractivity contribution >= 4 is 16.8 Å². The summed E-state index contributed by atoms with van der Waals surface area (Å²) in [6.45, 7) is 5.69. The highest BCUT2D eigenvalue weighted by molar-refractivity contribution is 5.79. The molecule has 1 heterocycles. The van der Waals surface area contributed by atoms with Gasteiger partial charge in [-0.2, -0.15) is 0 Å². The molecule has 2 aromatic carbocycles. The van der Waals surface area contributed by atoms with Gasteiger partial charge in [-0.05, 0) is 57.2 Å². The Bertz CT molecular complexity index is 986. The van der Waals surface area contributed by atoms with E-state index in [1.165, 1.54) is 0 Å². The average Bonchev–Trinajstić information content (AvgIpc) is 2.59. The maximum Gasteiger partial charge on any atom is 0.259 e. The Labute approximate surface area is 151 Å². The Hall–Kier alpha value is -3.15. The second-order valence-electron chi connectivity index (χ2n) is 7.04. The normalized spacial score (nSPS) is 11.3. The number of amides is 1. The van der Waals surface area contributed by atoms with Gasteiger partial charge in [0.25, 0.3) is 11.5 Å². The number of carbonyl (C=O) groups excluding carboxylic acids is 1. The Kier molecular flexibility index (Phi) is 4.75. The van der Waals surface area contributed by atoms with Gasteiger partial charge in [0.2, 0.25) is 0 Å². The molecule has 0 aliphatic carbocycles. The number of nitrogens with zero attached hydrogens (tertiary/aromatic N) is 1. The van der Waals surface area contributed by atoms with Gasteiger partial charge in [0.05, 0.1) is 10.9 Å². The van der Waals surface area contributed by atoms with Crippen LogP contribution in [0.3, 0.4) is 0 Å². The minimum Gasteiger partial charge on any atom is -0.484 e. The topological polar surface area (TPSA) is 84.1 Å². The number of carbonyl (C=O) groups is 1. The maximum atomic E-state index is 12.2. The number of H-pyrrole nitrogens is 1. The van der Waals surface area contributed by atoms with E-state index in [1.54, 1.807) is 42.5 Å². The maximum absolute atomic E-state index is 12.2. The van der Waals surface area contributed by atoms with Crippen LogP contribution < -0.4 is 15.6 Å². The molecule has 0 aliphatic heterocycles. The number of fused-ring (bicyclic) bond motifs is 1. The van der Waals surface area contributed by atoms with Crippen molar-refractivity contribution in [2.75, 3.05) is 6.61 Å². The molecule has 3 aromatic rings. The Balaban J connectivity index is 1.74. The van der Waals surface area contributed by atoms with E-state index in [2.05, 4.69) is 15.3 Å². The number of hydrogen-bond donors (Lipinski definition) is 2. The van der Waals surface area contributed by atoms with E-state index >= 15 is 0 Å². The molecule has 0 saturated carbocycles. The molecule has 6 heteroatoms. The molecule has 0 unspecified atom stereocenters. The number of nitrogens with one attached hydrogen (secondary N) is 2. The molecule has 0 aliphatic rings. The molecule has 0 bridgehead atoms. The summed E-state index contributed by atoms with van der Waals surface area (Å²) in [4.78, 5) is 31.2. The van der Waals surface area contributed by atoms with Crippen LogP contribution >= 0.6 is 0 Å². The first-order valence-electron chi connectivity index (χ1n) is 8.35. The zero-order valence-corrected chi connectivity index (χ0v) is 15.0. The number of rotatable bonds is 4. The van der Waals surface area contributed by atoms with Gasteiger partial charge in [0.1, 0.15) is 11.6 Å². The lowest BCUT2D eigenvalue weighted by atomic mass is 10.1. The van der Waals surface area contributed by atoms with Crippen LogP contribution in [0, 0.1) is 0 Å². The van der Waals surface area contributed by atoms with E-state index in [0.29, 0.717) is 22.5 Å². The largest absolute Gasteiger partial charge is 0.484 e. The minimum absolute atomic E-state index is 0.0539. The standard InChI is InChI=1S/C20H21N3O3/c1-20(2,3)23-17(24)12-26-14-10-8-13(9-11-14)18-21-16-7-5-4-6-15(16)19(25)22-18/h4-11H,12H2,1-3H3,(H,23,24)(H,21,22,25). The first-order chi connectivity index (χ1) is 12.3. The fourth-order valence-electron chi connectivity index (χ4n) is 2.54. The van der Waals surface area contributed by atoms with Gasteiger partial charge in [-0.15, -0.1) is 0 Å². The van der Waals surface area contributed by atoms with Gasteiger partial charge in [0, 0.05) is 11.1 Å². The lowest BCUT2D eigenvalue weighted by Gasteiger charge is -2.20. The predicted molar refractivity (Wildman–Crippen MR) is 101 cm³/mol. The van der Waals surface area contributed by atoms with Gasteiger partial charge >= 0.3 is 0 Å². The van der Waals surface area contributed by atoms with Gasteiger partial charge in [0.15, 0.2) is 6.61 Å². The van der Waals surface area contributed by atoms with E-state index in [4.69, 9.17) is 4.74 Å². The van der Waals surface area contributed by atoms with Crippen LogP contribution in [-0.2, 0) is 4.79 Å². The fraction of sp³-hybridized carbons (Fsp3) is 0.250. The molecular weight excluding hydrogens is 330 g/mol.